The van der Waals surface area contributed by atoms with Crippen LogP contribution in [0.5, 0.6) is 0 Å². The van der Waals surface area contributed by atoms with Gasteiger partial charge >= 0.3 is 0 Å². The molecule has 0 bridgehead atoms. The van der Waals surface area contributed by atoms with Crippen LogP contribution in [0.15, 0.2) is 0 Å². The van der Waals surface area contributed by atoms with Gasteiger partial charge in [-0.1, -0.05) is 217 Å². The van der Waals surface area contributed by atoms with Gasteiger partial charge in [0.2, 0.25) is 0 Å². The van der Waals surface area contributed by atoms with Crippen LogP contribution in [0.4, 0.5) is 0 Å². The number of unbranched alkanes of at least 4 members (excludes halogenated alkanes) is 26. The van der Waals surface area contributed by atoms with Gasteiger partial charge in [-0.3, -0.25) is 4.90 Å². The molecule has 0 N–H and O–H groups in total. The van der Waals surface area contributed by atoms with Crippen molar-refractivity contribution in [3.05, 3.63) is 0 Å². The van der Waals surface area contributed by atoms with Gasteiger partial charge in [-0.15, -0.1) is 0 Å². The lowest BCUT2D eigenvalue weighted by Crippen LogP contribution is -2.33. The Labute approximate surface area is 257 Å². The molecule has 0 fully saturated rings. The summed E-state index contributed by atoms with van der Waals surface area (Å²) in [4.78, 5) is 2.88. The van der Waals surface area contributed by atoms with E-state index in [4.69, 9.17) is 0 Å². The third kappa shape index (κ3) is 29.7. The van der Waals surface area contributed by atoms with Crippen LogP contribution in [-0.2, 0) is 0 Å². The van der Waals surface area contributed by atoms with E-state index in [0.717, 1.165) is 4.05 Å². The Hall–Kier alpha value is 0.690. The first-order valence-corrected chi connectivity index (χ1v) is 19.4. The highest BCUT2D eigenvalue weighted by Gasteiger charge is 2.14. The van der Waals surface area contributed by atoms with Gasteiger partial charge in [0.05, 0.1) is 4.05 Å². The Balaban J connectivity index is 4.04. The molecular weight excluding hydrogens is 573 g/mol. The van der Waals surface area contributed by atoms with Gasteiger partial charge in [-0.05, 0) is 32.4 Å². The average molecular weight is 648 g/mol. The molecule has 1 unspecified atom stereocenters. The van der Waals surface area contributed by atoms with Crippen molar-refractivity contribution >= 4 is 22.6 Å². The smallest absolute Gasteiger partial charge is 0.0618 e. The zero-order valence-electron chi connectivity index (χ0n) is 27.0. The van der Waals surface area contributed by atoms with Gasteiger partial charge in [-0.2, -0.15) is 0 Å². The molecule has 0 spiro atoms. The van der Waals surface area contributed by atoms with E-state index in [1.165, 1.54) is 206 Å². The highest BCUT2D eigenvalue weighted by atomic mass is 127. The molecule has 0 amide bonds. The van der Waals surface area contributed by atoms with Crippen molar-refractivity contribution in [3.8, 4) is 0 Å². The maximum Gasteiger partial charge on any atom is 0.0618 e. The minimum atomic E-state index is 0.759. The molecule has 38 heavy (non-hydrogen) atoms. The number of hydrogen-bond acceptors (Lipinski definition) is 1. The van der Waals surface area contributed by atoms with E-state index >= 15 is 0 Å². The fourth-order valence-electron chi connectivity index (χ4n) is 5.80. The monoisotopic (exact) mass is 647 g/mol. The van der Waals surface area contributed by atoms with Crippen molar-refractivity contribution in [1.29, 1.82) is 0 Å². The number of rotatable bonds is 33. The van der Waals surface area contributed by atoms with Crippen molar-refractivity contribution in [1.82, 2.24) is 4.90 Å². The topological polar surface area (TPSA) is 3.24 Å². The average Bonchev–Trinajstić information content (AvgIpc) is 2.92. The summed E-state index contributed by atoms with van der Waals surface area (Å²) in [6.07, 6.45) is 43.4. The SMILES string of the molecule is CCCCCCCCCCCCN(CCCCCCCCCCCC)C(I)CCCCCCCCCCC. The lowest BCUT2D eigenvalue weighted by atomic mass is 10.1. The second kappa shape index (κ2) is 33.9. The lowest BCUT2D eigenvalue weighted by molar-refractivity contribution is 0.242. The van der Waals surface area contributed by atoms with Crippen molar-refractivity contribution in [2.24, 2.45) is 0 Å². The Kier molecular flexibility index (Phi) is 34.5. The Morgan fingerprint density at radius 2 is 0.579 bits per heavy atom. The van der Waals surface area contributed by atoms with Crippen LogP contribution in [0.3, 0.4) is 0 Å². The summed E-state index contributed by atoms with van der Waals surface area (Å²) in [6, 6.07) is 0. The van der Waals surface area contributed by atoms with Crippen LogP contribution in [0.25, 0.3) is 0 Å². The zero-order valence-corrected chi connectivity index (χ0v) is 29.2. The van der Waals surface area contributed by atoms with Crippen molar-refractivity contribution in [2.75, 3.05) is 13.1 Å². The van der Waals surface area contributed by atoms with Gasteiger partial charge in [0.25, 0.3) is 0 Å². The van der Waals surface area contributed by atoms with Crippen LogP contribution in [0.2, 0.25) is 0 Å². The highest BCUT2D eigenvalue weighted by Crippen LogP contribution is 2.21. The molecule has 0 aliphatic rings. The summed E-state index contributed by atoms with van der Waals surface area (Å²) in [7, 11) is 0. The number of nitrogens with zero attached hydrogens (tertiary/aromatic N) is 1. The summed E-state index contributed by atoms with van der Waals surface area (Å²) in [5.74, 6) is 0. The molecule has 0 radical (unpaired) electrons. The van der Waals surface area contributed by atoms with Crippen molar-refractivity contribution in [3.63, 3.8) is 0 Å². The fourth-order valence-corrected chi connectivity index (χ4v) is 6.80. The van der Waals surface area contributed by atoms with Crippen molar-refractivity contribution in [2.45, 2.75) is 217 Å². The van der Waals surface area contributed by atoms with E-state index in [-0.39, 0.29) is 0 Å². The van der Waals surface area contributed by atoms with Gasteiger partial charge in [-0.25, -0.2) is 0 Å². The van der Waals surface area contributed by atoms with E-state index in [9.17, 15) is 0 Å². The third-order valence-corrected chi connectivity index (χ3v) is 9.95. The summed E-state index contributed by atoms with van der Waals surface area (Å²) in [5.41, 5.74) is 0. The Bertz CT molecular complexity index is 388. The molecule has 0 aliphatic heterocycles. The fraction of sp³-hybridized carbons (Fsp3) is 1.00. The summed E-state index contributed by atoms with van der Waals surface area (Å²) < 4.78 is 0.759. The molecule has 0 heterocycles. The first-order valence-electron chi connectivity index (χ1n) is 18.1. The normalized spacial score (nSPS) is 12.6. The summed E-state index contributed by atoms with van der Waals surface area (Å²) in [6.45, 7) is 9.64. The predicted octanol–water partition coefficient (Wildman–Crippen LogP) is 13.8. The van der Waals surface area contributed by atoms with E-state index in [0.29, 0.717) is 0 Å². The number of alkyl halides is 1. The Morgan fingerprint density at radius 1 is 0.342 bits per heavy atom. The van der Waals surface area contributed by atoms with Gasteiger partial charge < -0.3 is 0 Å². The molecule has 0 rings (SSSR count). The molecular formula is C36H74IN. The van der Waals surface area contributed by atoms with Crippen LogP contribution in [0.1, 0.15) is 213 Å². The summed E-state index contributed by atoms with van der Waals surface area (Å²) in [5, 5.41) is 0. The maximum atomic E-state index is 2.88. The maximum absolute atomic E-state index is 2.88. The molecule has 0 aromatic heterocycles. The zero-order chi connectivity index (χ0) is 27.8. The third-order valence-electron chi connectivity index (χ3n) is 8.54. The van der Waals surface area contributed by atoms with Crippen LogP contribution >= 0.6 is 22.6 Å². The van der Waals surface area contributed by atoms with Crippen LogP contribution < -0.4 is 0 Å². The molecule has 0 saturated carbocycles. The molecule has 2 heteroatoms. The van der Waals surface area contributed by atoms with Crippen molar-refractivity contribution < 1.29 is 0 Å². The van der Waals surface area contributed by atoms with E-state index < -0.39 is 0 Å². The predicted molar refractivity (Wildman–Crippen MR) is 185 cm³/mol. The lowest BCUT2D eigenvalue weighted by Gasteiger charge is -2.28. The van der Waals surface area contributed by atoms with Gasteiger partial charge in [0, 0.05) is 0 Å². The minimum Gasteiger partial charge on any atom is -0.292 e. The van der Waals surface area contributed by atoms with E-state index in [1.807, 2.05) is 0 Å². The van der Waals surface area contributed by atoms with Crippen LogP contribution in [0, 0.1) is 0 Å². The van der Waals surface area contributed by atoms with Crippen LogP contribution in [-0.4, -0.2) is 22.0 Å². The van der Waals surface area contributed by atoms with Gasteiger partial charge in [0.1, 0.15) is 0 Å². The molecule has 0 aromatic carbocycles. The van der Waals surface area contributed by atoms with Gasteiger partial charge in [0.15, 0.2) is 0 Å². The largest absolute Gasteiger partial charge is 0.292 e. The molecule has 1 nitrogen and oxygen atoms in total. The minimum absolute atomic E-state index is 0.759. The van der Waals surface area contributed by atoms with E-state index in [2.05, 4.69) is 48.3 Å². The molecule has 0 aromatic rings. The first kappa shape index (κ1) is 38.7. The quantitative estimate of drug-likeness (QED) is 0.0296. The summed E-state index contributed by atoms with van der Waals surface area (Å²) >= 11 is 2.79. The van der Waals surface area contributed by atoms with E-state index in [1.54, 1.807) is 0 Å². The highest BCUT2D eigenvalue weighted by molar-refractivity contribution is 14.1. The second-order valence-corrected chi connectivity index (χ2v) is 13.9. The Morgan fingerprint density at radius 3 is 0.868 bits per heavy atom. The first-order chi connectivity index (χ1) is 18.8. The number of halogens is 1. The standard InChI is InChI=1S/C36H74IN/c1-4-7-10-13-16-19-22-25-28-31-34-38(35-32-29-26-23-20-17-14-11-8-5-2)36(37)33-30-27-24-21-18-15-12-9-6-3/h36H,4-35H2,1-3H3. The second-order valence-electron chi connectivity index (χ2n) is 12.5. The molecule has 1 atom stereocenters. The molecule has 0 aliphatic carbocycles. The molecule has 0 saturated heterocycles. The number of hydrogen-bond donors (Lipinski definition) is 0. The molecule has 230 valence electrons.